The van der Waals surface area contributed by atoms with Crippen LogP contribution in [0.15, 0.2) is 94.8 Å². The van der Waals surface area contributed by atoms with E-state index < -0.39 is 5.92 Å². The Morgan fingerprint density at radius 2 is 1.86 bits per heavy atom. The highest BCUT2D eigenvalue weighted by Crippen LogP contribution is 2.48. The summed E-state index contributed by atoms with van der Waals surface area (Å²) in [4.78, 5) is 20.6. The average molecular weight is 502 g/mol. The fourth-order valence-electron chi connectivity index (χ4n) is 4.86. The van der Waals surface area contributed by atoms with Crippen molar-refractivity contribution in [3.63, 3.8) is 0 Å². The van der Waals surface area contributed by atoms with E-state index in [1.807, 2.05) is 42.7 Å². The minimum Gasteiger partial charge on any atom is -0.507 e. The number of benzene rings is 2. The van der Waals surface area contributed by atoms with E-state index in [4.69, 9.17) is 11.6 Å². The number of rotatable bonds is 4. The van der Waals surface area contributed by atoms with Crippen LogP contribution in [0.1, 0.15) is 36.3 Å². The summed E-state index contributed by atoms with van der Waals surface area (Å²) in [5.41, 5.74) is 3.95. The number of pyridine rings is 1. The topological polar surface area (TPSA) is 77.3 Å². The van der Waals surface area contributed by atoms with Crippen molar-refractivity contribution in [2.75, 3.05) is 11.2 Å². The lowest BCUT2D eigenvalue weighted by Crippen LogP contribution is -2.42. The van der Waals surface area contributed by atoms with Gasteiger partial charge in [0.1, 0.15) is 11.6 Å². The molecule has 7 heteroatoms. The van der Waals surface area contributed by atoms with Crippen LogP contribution in [0.4, 0.5) is 5.69 Å². The number of allylic oxidation sites excluding steroid dienone is 2. The number of nitrogens with one attached hydrogen (secondary N) is 1. The van der Waals surface area contributed by atoms with Gasteiger partial charge >= 0.3 is 0 Å². The molecule has 0 fully saturated rings. The summed E-state index contributed by atoms with van der Waals surface area (Å²) in [5.74, 6) is -0.403. The third-order valence-electron chi connectivity index (χ3n) is 6.48. The highest BCUT2D eigenvalue weighted by Gasteiger charge is 2.43. The smallest absolute Gasteiger partial charge is 0.161 e. The number of Topliss-reactive ketones (excluding diaryl/α,β-unsaturated/α-hetero) is 1. The number of aromatic nitrogens is 1. The normalized spacial score (nSPS) is 19.6. The Bertz CT molecular complexity index is 1350. The number of anilines is 1. The van der Waals surface area contributed by atoms with Crippen molar-refractivity contribution in [3.8, 4) is 0 Å². The van der Waals surface area contributed by atoms with Gasteiger partial charge in [-0.3, -0.25) is 20.1 Å². The first kappa shape index (κ1) is 23.4. The zero-order valence-electron chi connectivity index (χ0n) is 19.2. The zero-order valence-corrected chi connectivity index (χ0v) is 20.7. The third-order valence-corrected chi connectivity index (χ3v) is 7.48. The monoisotopic (exact) mass is 501 g/mol. The number of ketones is 1. The summed E-state index contributed by atoms with van der Waals surface area (Å²) >= 11 is 7.73. The van der Waals surface area contributed by atoms with E-state index in [9.17, 15) is 15.3 Å². The van der Waals surface area contributed by atoms with Crippen LogP contribution >= 0.6 is 23.4 Å². The fraction of sp³-hybridized carbons (Fsp3) is 0.179. The minimum absolute atomic E-state index is 0.0376. The van der Waals surface area contributed by atoms with Gasteiger partial charge in [0.15, 0.2) is 5.78 Å². The van der Waals surface area contributed by atoms with Crippen LogP contribution < -0.4 is 4.90 Å². The maximum atomic E-state index is 13.5. The lowest BCUT2D eigenvalue weighted by atomic mass is 9.73. The molecule has 0 radical (unpaired) electrons. The summed E-state index contributed by atoms with van der Waals surface area (Å²) in [6, 6.07) is 18.6. The molecule has 1 unspecified atom stereocenters. The van der Waals surface area contributed by atoms with Crippen LogP contribution in [0.3, 0.4) is 0 Å². The lowest BCUT2D eigenvalue weighted by Gasteiger charge is -2.41. The van der Waals surface area contributed by atoms with E-state index in [0.29, 0.717) is 40.3 Å². The first-order valence-corrected chi connectivity index (χ1v) is 13.0. The largest absolute Gasteiger partial charge is 0.507 e. The number of hydrogen-bond acceptors (Lipinski definition) is 5. The number of halogens is 1. The number of nitrogens with zero attached hydrogens (tertiary/aromatic N) is 2. The van der Waals surface area contributed by atoms with Gasteiger partial charge in [0.25, 0.3) is 0 Å². The Balaban J connectivity index is 1.81. The second-order valence-corrected chi connectivity index (χ2v) is 9.82. The fourth-order valence-corrected chi connectivity index (χ4v) is 5.39. The molecule has 0 saturated heterocycles. The van der Waals surface area contributed by atoms with Crippen LogP contribution in [0.5, 0.6) is 0 Å². The quantitative estimate of drug-likeness (QED) is 0.297. The first-order valence-electron chi connectivity index (χ1n) is 11.4. The Morgan fingerprint density at radius 1 is 1.11 bits per heavy atom. The van der Waals surface area contributed by atoms with Crippen LogP contribution in [0.25, 0.3) is 5.76 Å². The number of amidine groups is 1. The number of carbonyl (C=O) groups excluding carboxylic acids is 1. The van der Waals surface area contributed by atoms with E-state index in [2.05, 4.69) is 4.98 Å². The van der Waals surface area contributed by atoms with Gasteiger partial charge in [-0.05, 0) is 73.2 Å². The Labute approximate surface area is 213 Å². The summed E-state index contributed by atoms with van der Waals surface area (Å²) in [6.45, 7) is 0. The molecule has 5 rings (SSSR count). The standard InChI is InChI=1S/C28H24ClN3O2S/c1-35-21-13-9-17(10-14-21)24-25-22(5-2-6-23(25)33)32(20-4-3-15-31-16-20)28(30)26(24)27(34)18-7-11-19(29)12-8-18/h3-4,7-16,24,30,34H,2,5-6H2,1H3/b27-26+,30-28?. The molecule has 35 heavy (non-hydrogen) atoms. The van der Waals surface area contributed by atoms with E-state index in [-0.39, 0.29) is 17.4 Å². The van der Waals surface area contributed by atoms with Gasteiger partial charge in [0.05, 0.1) is 11.9 Å². The molecule has 2 aliphatic rings. The number of aliphatic hydroxyl groups excluding tert-OH is 1. The molecule has 1 atom stereocenters. The van der Waals surface area contributed by atoms with Crippen molar-refractivity contribution < 1.29 is 9.90 Å². The summed E-state index contributed by atoms with van der Waals surface area (Å²) in [6.07, 6.45) is 7.22. The van der Waals surface area contributed by atoms with Gasteiger partial charge in [-0.1, -0.05) is 23.7 Å². The van der Waals surface area contributed by atoms with Crippen molar-refractivity contribution in [2.45, 2.75) is 30.1 Å². The summed E-state index contributed by atoms with van der Waals surface area (Å²) in [7, 11) is 0. The molecule has 2 N–H and O–H groups in total. The molecule has 3 aromatic rings. The molecule has 1 aliphatic carbocycles. The summed E-state index contributed by atoms with van der Waals surface area (Å²) < 4.78 is 0. The molecule has 2 heterocycles. The molecule has 2 aromatic carbocycles. The third kappa shape index (κ3) is 4.28. The van der Waals surface area contributed by atoms with Crippen molar-refractivity contribution in [3.05, 3.63) is 106 Å². The van der Waals surface area contributed by atoms with E-state index in [1.165, 1.54) is 0 Å². The van der Waals surface area contributed by atoms with Gasteiger partial charge < -0.3 is 5.11 Å². The highest BCUT2D eigenvalue weighted by atomic mass is 35.5. The Kier molecular flexibility index (Phi) is 6.50. The molecular formula is C28H24ClN3O2S. The van der Waals surface area contributed by atoms with Gasteiger partial charge in [-0.2, -0.15) is 0 Å². The average Bonchev–Trinajstić information content (AvgIpc) is 2.89. The van der Waals surface area contributed by atoms with Crippen LogP contribution in [-0.4, -0.2) is 28.0 Å². The van der Waals surface area contributed by atoms with Gasteiger partial charge in [0, 0.05) is 50.9 Å². The van der Waals surface area contributed by atoms with E-state index >= 15 is 0 Å². The highest BCUT2D eigenvalue weighted by molar-refractivity contribution is 7.98. The number of carbonyl (C=O) groups is 1. The van der Waals surface area contributed by atoms with Crippen LogP contribution in [0.2, 0.25) is 5.02 Å². The van der Waals surface area contributed by atoms with Crippen molar-refractivity contribution in [1.82, 2.24) is 4.98 Å². The van der Waals surface area contributed by atoms with Crippen LogP contribution in [0, 0.1) is 5.41 Å². The minimum atomic E-state index is -0.551. The van der Waals surface area contributed by atoms with Crippen LogP contribution in [-0.2, 0) is 4.79 Å². The first-order chi connectivity index (χ1) is 17.0. The zero-order chi connectivity index (χ0) is 24.5. The second-order valence-electron chi connectivity index (χ2n) is 8.51. The molecule has 5 nitrogen and oxygen atoms in total. The Morgan fingerprint density at radius 3 is 2.51 bits per heavy atom. The molecular weight excluding hydrogens is 478 g/mol. The van der Waals surface area contributed by atoms with E-state index in [1.54, 1.807) is 53.3 Å². The SMILES string of the molecule is CSc1ccc(C2C3=C(CCCC3=O)N(c3cccnc3)C(=N)/C2=C(/O)c2ccc(Cl)cc2)cc1. The van der Waals surface area contributed by atoms with Gasteiger partial charge in [-0.25, -0.2) is 0 Å². The predicted octanol–water partition coefficient (Wildman–Crippen LogP) is 7.01. The van der Waals surface area contributed by atoms with Crippen molar-refractivity contribution in [1.29, 1.82) is 5.41 Å². The van der Waals surface area contributed by atoms with Gasteiger partial charge in [-0.15, -0.1) is 11.8 Å². The van der Waals surface area contributed by atoms with Crippen molar-refractivity contribution in [2.24, 2.45) is 0 Å². The lowest BCUT2D eigenvalue weighted by molar-refractivity contribution is -0.116. The molecule has 1 aliphatic heterocycles. The Hall–Kier alpha value is -3.35. The number of hydrogen-bond donors (Lipinski definition) is 2. The molecule has 0 saturated carbocycles. The molecule has 176 valence electrons. The molecule has 1 aromatic heterocycles. The molecule has 0 amide bonds. The van der Waals surface area contributed by atoms with Crippen molar-refractivity contribution >= 4 is 46.4 Å². The number of aliphatic hydroxyl groups is 1. The summed E-state index contributed by atoms with van der Waals surface area (Å²) in [5, 5.41) is 21.5. The number of thioether (sulfide) groups is 1. The molecule has 0 bridgehead atoms. The van der Waals surface area contributed by atoms with E-state index in [0.717, 1.165) is 22.6 Å². The maximum absolute atomic E-state index is 13.5. The predicted molar refractivity (Wildman–Crippen MR) is 142 cm³/mol. The maximum Gasteiger partial charge on any atom is 0.161 e. The molecule has 0 spiro atoms. The van der Waals surface area contributed by atoms with Gasteiger partial charge in [0.2, 0.25) is 0 Å². The second kappa shape index (κ2) is 9.72.